The highest BCUT2D eigenvalue weighted by Crippen LogP contribution is 2.18. The maximum absolute atomic E-state index is 12.8. The van der Waals surface area contributed by atoms with Crippen LogP contribution in [0.25, 0.3) is 5.69 Å². The van der Waals surface area contributed by atoms with Crippen molar-refractivity contribution >= 4 is 21.7 Å². The van der Waals surface area contributed by atoms with Gasteiger partial charge in [-0.1, -0.05) is 0 Å². The highest BCUT2D eigenvalue weighted by molar-refractivity contribution is 7.91. The molecule has 1 aliphatic heterocycles. The van der Waals surface area contributed by atoms with Crippen molar-refractivity contribution in [3.63, 3.8) is 0 Å². The van der Waals surface area contributed by atoms with Crippen molar-refractivity contribution in [1.29, 1.82) is 0 Å². The summed E-state index contributed by atoms with van der Waals surface area (Å²) in [5.74, 6) is -0.494. The van der Waals surface area contributed by atoms with Crippen molar-refractivity contribution in [3.05, 3.63) is 53.3 Å². The van der Waals surface area contributed by atoms with E-state index in [0.29, 0.717) is 18.5 Å². The molecule has 0 radical (unpaired) electrons. The molecule has 0 bridgehead atoms. The van der Waals surface area contributed by atoms with Crippen LogP contribution in [0.2, 0.25) is 0 Å². The lowest BCUT2D eigenvalue weighted by Crippen LogP contribution is -2.44. The van der Waals surface area contributed by atoms with Gasteiger partial charge < -0.3 is 14.8 Å². The summed E-state index contributed by atoms with van der Waals surface area (Å²) >= 11 is 0. The molecular weight excluding hydrogens is 390 g/mol. The number of benzene rings is 1. The summed E-state index contributed by atoms with van der Waals surface area (Å²) in [6, 6.07) is 11.0. The molecule has 156 valence electrons. The van der Waals surface area contributed by atoms with Crippen LogP contribution < -0.4 is 5.32 Å². The summed E-state index contributed by atoms with van der Waals surface area (Å²) in [5.41, 5.74) is 3.71. The molecule has 29 heavy (non-hydrogen) atoms. The Labute approximate surface area is 171 Å². The molecule has 1 atom stereocenters. The maximum atomic E-state index is 12.8. The van der Waals surface area contributed by atoms with Crippen LogP contribution >= 0.6 is 0 Å². The van der Waals surface area contributed by atoms with Gasteiger partial charge in [-0.25, -0.2) is 8.42 Å². The number of sulfone groups is 1. The van der Waals surface area contributed by atoms with Gasteiger partial charge >= 0.3 is 0 Å². The fourth-order valence-corrected chi connectivity index (χ4v) is 5.37. The van der Waals surface area contributed by atoms with Crippen LogP contribution in [0.1, 0.15) is 35.1 Å². The molecule has 0 unspecified atom stereocenters. The lowest BCUT2D eigenvalue weighted by atomic mass is 10.1. The van der Waals surface area contributed by atoms with Crippen molar-refractivity contribution in [1.82, 2.24) is 14.8 Å². The number of hydrogen-bond donors (Lipinski definition) is 1. The summed E-state index contributed by atoms with van der Waals surface area (Å²) < 4.78 is 25.2. The Morgan fingerprint density at radius 3 is 2.24 bits per heavy atom. The average molecular weight is 418 g/mol. The van der Waals surface area contributed by atoms with Crippen LogP contribution in [-0.4, -0.2) is 60.3 Å². The summed E-state index contributed by atoms with van der Waals surface area (Å²) in [6.07, 6.45) is 0.424. The molecule has 1 aromatic heterocycles. The van der Waals surface area contributed by atoms with Crippen LogP contribution in [0.5, 0.6) is 0 Å². The van der Waals surface area contributed by atoms with E-state index in [2.05, 4.69) is 9.88 Å². The minimum absolute atomic E-state index is 0.0293. The van der Waals surface area contributed by atoms with Crippen molar-refractivity contribution in [2.24, 2.45) is 0 Å². The topological polar surface area (TPSA) is 88.5 Å². The highest BCUT2D eigenvalue weighted by atomic mass is 32.2. The number of hydrogen-bond acceptors (Lipinski definition) is 4. The van der Waals surface area contributed by atoms with Crippen LogP contribution in [0.3, 0.4) is 0 Å². The van der Waals surface area contributed by atoms with E-state index in [9.17, 15) is 18.0 Å². The Hall–Kier alpha value is -2.61. The SMILES string of the molecule is CCN(CC(=O)N[C@H]1CCS(=O)(=O)C1)C(=O)c1ccc(-n2c(C)ccc2C)cc1. The molecule has 3 rings (SSSR count). The minimum Gasteiger partial charge on any atom is -0.351 e. The van der Waals surface area contributed by atoms with Crippen molar-refractivity contribution in [3.8, 4) is 5.69 Å². The second-order valence-electron chi connectivity index (χ2n) is 7.49. The van der Waals surface area contributed by atoms with Crippen molar-refractivity contribution in [2.75, 3.05) is 24.6 Å². The normalized spacial score (nSPS) is 17.8. The Morgan fingerprint density at radius 2 is 1.72 bits per heavy atom. The lowest BCUT2D eigenvalue weighted by Gasteiger charge is -2.22. The molecule has 1 fully saturated rings. The largest absolute Gasteiger partial charge is 0.351 e. The van der Waals surface area contributed by atoms with E-state index in [1.807, 2.05) is 45.0 Å². The smallest absolute Gasteiger partial charge is 0.254 e. The molecule has 1 saturated heterocycles. The third-order valence-electron chi connectivity index (χ3n) is 5.24. The second kappa shape index (κ2) is 8.41. The molecule has 0 saturated carbocycles. The fraction of sp³-hybridized carbons (Fsp3) is 0.429. The number of nitrogens with one attached hydrogen (secondary N) is 1. The molecule has 1 aliphatic rings. The zero-order valence-electron chi connectivity index (χ0n) is 17.0. The Kier molecular flexibility index (Phi) is 6.12. The molecular formula is C21H27N3O4S. The Bertz CT molecular complexity index is 990. The van der Waals surface area contributed by atoms with E-state index < -0.39 is 9.84 Å². The number of aromatic nitrogens is 1. The van der Waals surface area contributed by atoms with Crippen molar-refractivity contribution < 1.29 is 18.0 Å². The van der Waals surface area contributed by atoms with Gasteiger partial charge in [0, 0.05) is 35.2 Å². The minimum atomic E-state index is -3.06. The Morgan fingerprint density at radius 1 is 1.10 bits per heavy atom. The highest BCUT2D eigenvalue weighted by Gasteiger charge is 2.29. The molecule has 7 nitrogen and oxygen atoms in total. The number of amides is 2. The van der Waals surface area contributed by atoms with E-state index in [4.69, 9.17) is 0 Å². The Balaban J connectivity index is 1.65. The number of likely N-dealkylation sites (N-methyl/N-ethyl adjacent to an activating group) is 1. The third kappa shape index (κ3) is 4.87. The van der Waals surface area contributed by atoms with Gasteiger partial charge in [0.2, 0.25) is 5.91 Å². The summed E-state index contributed by atoms with van der Waals surface area (Å²) in [6.45, 7) is 6.15. The molecule has 1 N–H and O–H groups in total. The van der Waals surface area contributed by atoms with Gasteiger partial charge in [-0.15, -0.1) is 0 Å². The lowest BCUT2D eigenvalue weighted by molar-refractivity contribution is -0.122. The molecule has 2 aromatic rings. The first kappa shape index (κ1) is 21.1. The molecule has 2 heterocycles. The van der Waals surface area contributed by atoms with E-state index in [0.717, 1.165) is 17.1 Å². The molecule has 0 spiro atoms. The van der Waals surface area contributed by atoms with Crippen LogP contribution in [0.4, 0.5) is 0 Å². The number of nitrogens with zero attached hydrogens (tertiary/aromatic N) is 2. The molecule has 1 aromatic carbocycles. The summed E-state index contributed by atoms with van der Waals surface area (Å²) in [4.78, 5) is 26.6. The van der Waals surface area contributed by atoms with E-state index in [1.54, 1.807) is 12.1 Å². The monoisotopic (exact) mass is 417 g/mol. The average Bonchev–Trinajstić information content (AvgIpc) is 3.19. The molecule has 8 heteroatoms. The fourth-order valence-electron chi connectivity index (χ4n) is 3.69. The van der Waals surface area contributed by atoms with Gasteiger partial charge in [0.15, 0.2) is 9.84 Å². The quantitative estimate of drug-likeness (QED) is 0.777. The summed E-state index contributed by atoms with van der Waals surface area (Å²) in [5, 5.41) is 2.73. The predicted molar refractivity (Wildman–Crippen MR) is 112 cm³/mol. The second-order valence-corrected chi connectivity index (χ2v) is 9.71. The van der Waals surface area contributed by atoms with E-state index in [1.165, 1.54) is 4.90 Å². The van der Waals surface area contributed by atoms with Gasteiger partial charge in [0.1, 0.15) is 0 Å². The number of carbonyl (C=O) groups is 2. The maximum Gasteiger partial charge on any atom is 0.254 e. The summed E-state index contributed by atoms with van der Waals surface area (Å²) in [7, 11) is -3.06. The predicted octanol–water partition coefficient (Wildman–Crippen LogP) is 1.86. The zero-order chi connectivity index (χ0) is 21.2. The molecule has 0 aliphatic carbocycles. The molecule has 2 amide bonds. The van der Waals surface area contributed by atoms with E-state index in [-0.39, 0.29) is 35.9 Å². The van der Waals surface area contributed by atoms with Crippen LogP contribution in [0.15, 0.2) is 36.4 Å². The first-order valence-corrected chi connectivity index (χ1v) is 11.6. The first-order chi connectivity index (χ1) is 13.7. The number of rotatable bonds is 6. The van der Waals surface area contributed by atoms with Crippen molar-refractivity contribution in [2.45, 2.75) is 33.2 Å². The zero-order valence-corrected chi connectivity index (χ0v) is 17.8. The van der Waals surface area contributed by atoms with Gasteiger partial charge in [-0.3, -0.25) is 9.59 Å². The van der Waals surface area contributed by atoms with Crippen LogP contribution in [-0.2, 0) is 14.6 Å². The van der Waals surface area contributed by atoms with Gasteiger partial charge in [-0.05, 0) is 63.6 Å². The van der Waals surface area contributed by atoms with Crippen LogP contribution in [0, 0.1) is 13.8 Å². The van der Waals surface area contributed by atoms with E-state index >= 15 is 0 Å². The number of aryl methyl sites for hydroxylation is 2. The third-order valence-corrected chi connectivity index (χ3v) is 7.01. The number of carbonyl (C=O) groups excluding carboxylic acids is 2. The standard InChI is InChI=1S/C21H27N3O4S/c1-4-23(13-20(25)22-18-11-12-29(27,28)14-18)21(26)17-7-9-19(10-8-17)24-15(2)5-6-16(24)3/h5-10,18H,4,11-14H2,1-3H3,(H,22,25)/t18-/m0/s1. The van der Waals surface area contributed by atoms with Gasteiger partial charge in [-0.2, -0.15) is 0 Å². The van der Waals surface area contributed by atoms with Gasteiger partial charge in [0.25, 0.3) is 5.91 Å². The van der Waals surface area contributed by atoms with Gasteiger partial charge in [0.05, 0.1) is 18.1 Å². The first-order valence-electron chi connectivity index (χ1n) is 9.74.